The van der Waals surface area contributed by atoms with E-state index in [-0.39, 0.29) is 0 Å². The molecule has 80 valence electrons. The highest BCUT2D eigenvalue weighted by molar-refractivity contribution is 7.99. The van der Waals surface area contributed by atoms with Crippen molar-refractivity contribution in [2.45, 2.75) is 45.3 Å². The maximum Gasteiger partial charge on any atom is 0.0667 e. The van der Waals surface area contributed by atoms with Gasteiger partial charge in [-0.2, -0.15) is 17.0 Å². The van der Waals surface area contributed by atoms with Crippen LogP contribution in [-0.4, -0.2) is 11.5 Å². The first-order valence-electron chi connectivity index (χ1n) is 5.41. The summed E-state index contributed by atoms with van der Waals surface area (Å²) in [5.41, 5.74) is 0.411. The van der Waals surface area contributed by atoms with Crippen molar-refractivity contribution >= 4 is 11.8 Å². The van der Waals surface area contributed by atoms with Crippen molar-refractivity contribution in [2.75, 3.05) is 6.26 Å². The summed E-state index contributed by atoms with van der Waals surface area (Å²) < 4.78 is 0. The first kappa shape index (κ1) is 11.9. The van der Waals surface area contributed by atoms with E-state index in [0.717, 1.165) is 12.3 Å². The Bertz CT molecular complexity index is 223. The lowest BCUT2D eigenvalue weighted by Crippen LogP contribution is -2.32. The van der Waals surface area contributed by atoms with Crippen LogP contribution in [0.5, 0.6) is 0 Å². The smallest absolute Gasteiger partial charge is 0.0667 e. The van der Waals surface area contributed by atoms with Crippen LogP contribution in [0.3, 0.4) is 0 Å². The highest BCUT2D eigenvalue weighted by atomic mass is 32.2. The zero-order valence-electron chi connectivity index (χ0n) is 9.71. The molecule has 0 aromatic carbocycles. The normalized spacial score (nSPS) is 33.8. The van der Waals surface area contributed by atoms with Gasteiger partial charge >= 0.3 is 0 Å². The van der Waals surface area contributed by atoms with Gasteiger partial charge in [-0.1, -0.05) is 20.8 Å². The Labute approximate surface area is 92.3 Å². The fourth-order valence-electron chi connectivity index (χ4n) is 2.32. The Balaban J connectivity index is 2.62. The third-order valence-electron chi connectivity index (χ3n) is 3.49. The quantitative estimate of drug-likeness (QED) is 0.660. The summed E-state index contributed by atoms with van der Waals surface area (Å²) in [5.74, 6) is 1.09. The van der Waals surface area contributed by atoms with E-state index >= 15 is 0 Å². The molecule has 14 heavy (non-hydrogen) atoms. The zero-order chi connectivity index (χ0) is 10.8. The fourth-order valence-corrected chi connectivity index (χ4v) is 3.27. The molecular weight excluding hydrogens is 190 g/mol. The predicted octanol–water partition coefficient (Wildman–Crippen LogP) is 3.70. The molecule has 1 rings (SSSR count). The minimum atomic E-state index is 0.295. The van der Waals surface area contributed by atoms with Gasteiger partial charge in [0.15, 0.2) is 0 Å². The second kappa shape index (κ2) is 4.57. The van der Waals surface area contributed by atoms with Crippen LogP contribution in [0.1, 0.15) is 40.0 Å². The largest absolute Gasteiger partial charge is 0.198 e. The van der Waals surface area contributed by atoms with Gasteiger partial charge in [-0.05, 0) is 36.9 Å². The number of hydrogen-bond acceptors (Lipinski definition) is 2. The highest BCUT2D eigenvalue weighted by Crippen LogP contribution is 2.43. The van der Waals surface area contributed by atoms with Crippen LogP contribution >= 0.6 is 11.8 Å². The molecule has 0 aromatic heterocycles. The van der Waals surface area contributed by atoms with Crippen molar-refractivity contribution < 1.29 is 0 Å². The van der Waals surface area contributed by atoms with Gasteiger partial charge in [0.2, 0.25) is 0 Å². The lowest BCUT2D eigenvalue weighted by molar-refractivity contribution is 0.169. The van der Waals surface area contributed by atoms with Crippen molar-refractivity contribution in [3.8, 4) is 6.07 Å². The third-order valence-corrected chi connectivity index (χ3v) is 4.61. The predicted molar refractivity (Wildman–Crippen MR) is 63.2 cm³/mol. The van der Waals surface area contributed by atoms with Gasteiger partial charge in [0, 0.05) is 5.25 Å². The van der Waals surface area contributed by atoms with Gasteiger partial charge in [0.25, 0.3) is 0 Å². The maximum atomic E-state index is 9.02. The van der Waals surface area contributed by atoms with Crippen LogP contribution in [0.25, 0.3) is 0 Å². The molecule has 0 N–H and O–H groups in total. The van der Waals surface area contributed by atoms with E-state index in [1.54, 1.807) is 0 Å². The Kier molecular flexibility index (Phi) is 3.89. The number of nitrogens with zero attached hydrogens (tertiary/aromatic N) is 1. The van der Waals surface area contributed by atoms with Crippen molar-refractivity contribution in [2.24, 2.45) is 17.3 Å². The average molecular weight is 211 g/mol. The van der Waals surface area contributed by atoms with Crippen molar-refractivity contribution in [1.82, 2.24) is 0 Å². The molecule has 2 heteroatoms. The molecule has 0 bridgehead atoms. The van der Waals surface area contributed by atoms with Crippen LogP contribution in [-0.2, 0) is 0 Å². The molecule has 1 aliphatic carbocycles. The van der Waals surface area contributed by atoms with Gasteiger partial charge in [-0.25, -0.2) is 0 Å². The summed E-state index contributed by atoms with van der Waals surface area (Å²) in [5, 5.41) is 9.59. The molecule has 0 radical (unpaired) electrons. The first-order chi connectivity index (χ1) is 6.49. The van der Waals surface area contributed by atoms with Gasteiger partial charge in [-0.3, -0.25) is 0 Å². The molecule has 3 atom stereocenters. The van der Waals surface area contributed by atoms with Gasteiger partial charge in [0.1, 0.15) is 0 Å². The van der Waals surface area contributed by atoms with Crippen molar-refractivity contribution in [3.05, 3.63) is 0 Å². The first-order valence-corrected chi connectivity index (χ1v) is 6.70. The Morgan fingerprint density at radius 2 is 1.93 bits per heavy atom. The summed E-state index contributed by atoms with van der Waals surface area (Å²) in [6.07, 6.45) is 5.70. The number of hydrogen-bond donors (Lipinski definition) is 0. The maximum absolute atomic E-state index is 9.02. The minimum absolute atomic E-state index is 0.295. The lowest BCUT2D eigenvalue weighted by Gasteiger charge is -2.39. The molecule has 0 saturated heterocycles. The minimum Gasteiger partial charge on any atom is -0.198 e. The van der Waals surface area contributed by atoms with Crippen molar-refractivity contribution in [1.29, 1.82) is 5.26 Å². The molecule has 1 aliphatic rings. The summed E-state index contributed by atoms with van der Waals surface area (Å²) in [6, 6.07) is 2.46. The number of rotatable bonds is 1. The van der Waals surface area contributed by atoms with Crippen LogP contribution in [0.2, 0.25) is 0 Å². The molecule has 1 saturated carbocycles. The highest BCUT2D eigenvalue weighted by Gasteiger charge is 2.35. The van der Waals surface area contributed by atoms with E-state index in [4.69, 9.17) is 5.26 Å². The number of nitriles is 1. The van der Waals surface area contributed by atoms with Crippen molar-refractivity contribution in [3.63, 3.8) is 0 Å². The van der Waals surface area contributed by atoms with E-state index < -0.39 is 0 Å². The molecular formula is C12H21NS. The average Bonchev–Trinajstić information content (AvgIpc) is 2.15. The van der Waals surface area contributed by atoms with E-state index in [2.05, 4.69) is 33.1 Å². The van der Waals surface area contributed by atoms with Gasteiger partial charge in [-0.15, -0.1) is 0 Å². The topological polar surface area (TPSA) is 23.8 Å². The molecule has 0 heterocycles. The van der Waals surface area contributed by atoms with E-state index in [1.807, 2.05) is 11.8 Å². The Hall–Kier alpha value is -0.160. The summed E-state index contributed by atoms with van der Waals surface area (Å²) in [7, 11) is 0. The lowest BCUT2D eigenvalue weighted by atomic mass is 9.70. The second-order valence-electron chi connectivity index (χ2n) is 5.39. The fraction of sp³-hybridized carbons (Fsp3) is 0.917. The Morgan fingerprint density at radius 1 is 1.29 bits per heavy atom. The standard InChI is InChI=1S/C12H21NS/c1-12(2,3)10-6-5-9(8-13)11(7-10)14-4/h9-11H,5-7H2,1-4H3. The van der Waals surface area contributed by atoms with Gasteiger partial charge < -0.3 is 0 Å². The van der Waals surface area contributed by atoms with E-state index in [1.165, 1.54) is 12.8 Å². The molecule has 0 spiro atoms. The second-order valence-corrected chi connectivity index (χ2v) is 6.46. The van der Waals surface area contributed by atoms with Crippen LogP contribution < -0.4 is 0 Å². The van der Waals surface area contributed by atoms with Crippen LogP contribution in [0, 0.1) is 28.6 Å². The molecule has 1 nitrogen and oxygen atoms in total. The monoisotopic (exact) mass is 211 g/mol. The van der Waals surface area contributed by atoms with Gasteiger partial charge in [0.05, 0.1) is 12.0 Å². The number of thioether (sulfide) groups is 1. The summed E-state index contributed by atoms with van der Waals surface area (Å²) in [4.78, 5) is 0. The van der Waals surface area contributed by atoms with E-state index in [9.17, 15) is 0 Å². The SMILES string of the molecule is CSC1CC(C(C)(C)C)CCC1C#N. The van der Waals surface area contributed by atoms with Crippen LogP contribution in [0.15, 0.2) is 0 Å². The molecule has 1 fully saturated rings. The molecule has 0 aliphatic heterocycles. The molecule has 3 unspecified atom stereocenters. The zero-order valence-corrected chi connectivity index (χ0v) is 10.5. The summed E-state index contributed by atoms with van der Waals surface area (Å²) >= 11 is 1.88. The molecule has 0 amide bonds. The van der Waals surface area contributed by atoms with E-state index in [0.29, 0.717) is 16.6 Å². The van der Waals surface area contributed by atoms with Crippen LogP contribution in [0.4, 0.5) is 0 Å². The Morgan fingerprint density at radius 3 is 2.36 bits per heavy atom. The molecule has 0 aromatic rings. The third kappa shape index (κ3) is 2.67. The summed E-state index contributed by atoms with van der Waals surface area (Å²) in [6.45, 7) is 6.96.